The molecule has 0 radical (unpaired) electrons. The van der Waals surface area contributed by atoms with Gasteiger partial charge in [0.1, 0.15) is 41.8 Å². The zero-order chi connectivity index (χ0) is 57.8. The fourth-order valence-electron chi connectivity index (χ4n) is 9.23. The molecule has 0 saturated carbocycles. The number of carbonyl (C=O) groups excluding carboxylic acids is 7. The lowest BCUT2D eigenvalue weighted by atomic mass is 9.86. The maximum absolute atomic E-state index is 13.5. The van der Waals surface area contributed by atoms with Crippen molar-refractivity contribution in [2.24, 2.45) is 23.2 Å². The second-order valence-electron chi connectivity index (χ2n) is 22.3. The molecule has 0 spiro atoms. The summed E-state index contributed by atoms with van der Waals surface area (Å²) in [6.45, 7) is 12.1. The molecule has 0 aromatic rings. The van der Waals surface area contributed by atoms with Gasteiger partial charge in [-0.05, 0) is 71.1 Å². The molecule has 22 nitrogen and oxygen atoms in total. The minimum Gasteiger partial charge on any atom is -0.394 e. The van der Waals surface area contributed by atoms with Crippen LogP contribution in [0.1, 0.15) is 164 Å². The zero-order valence-electron chi connectivity index (χ0n) is 47.2. The summed E-state index contributed by atoms with van der Waals surface area (Å²) in [5, 5.41) is 65.5. The number of hydrogen-bond donors (Lipinski definition) is 8. The molecule has 78 heavy (non-hydrogen) atoms. The predicted molar refractivity (Wildman–Crippen MR) is 284 cm³/mol. The van der Waals surface area contributed by atoms with Crippen molar-refractivity contribution in [2.75, 3.05) is 59.3 Å². The number of unbranched alkanes of at least 4 members (excludes halogenated alkanes) is 5. The highest BCUT2D eigenvalue weighted by atomic mass is 16.7. The van der Waals surface area contributed by atoms with Crippen LogP contribution >= 0.6 is 0 Å². The van der Waals surface area contributed by atoms with Crippen LogP contribution in [0.5, 0.6) is 0 Å². The van der Waals surface area contributed by atoms with Crippen molar-refractivity contribution in [3.63, 3.8) is 0 Å². The highest BCUT2D eigenvalue weighted by Gasteiger charge is 2.44. The average molecular weight is 1110 g/mol. The molecule has 0 aromatic heterocycles. The van der Waals surface area contributed by atoms with Gasteiger partial charge in [-0.2, -0.15) is 0 Å². The highest BCUT2D eigenvalue weighted by molar-refractivity contribution is 6.13. The minimum atomic E-state index is -1.23. The van der Waals surface area contributed by atoms with Crippen molar-refractivity contribution >= 4 is 41.0 Å². The Morgan fingerprint density at radius 1 is 0.577 bits per heavy atom. The van der Waals surface area contributed by atoms with Gasteiger partial charge >= 0.3 is 0 Å². The van der Waals surface area contributed by atoms with E-state index >= 15 is 0 Å². The number of amides is 4. The maximum atomic E-state index is 13.5. The molecule has 0 aromatic carbocycles. The van der Waals surface area contributed by atoms with Gasteiger partial charge < -0.3 is 69.7 Å². The smallest absolute Gasteiger partial charge is 0.253 e. The van der Waals surface area contributed by atoms with Gasteiger partial charge in [-0.25, -0.2) is 0 Å². The second-order valence-corrected chi connectivity index (χ2v) is 22.3. The number of aliphatic hydroxyl groups is 6. The Bertz CT molecular complexity index is 1860. The summed E-state index contributed by atoms with van der Waals surface area (Å²) in [6, 6.07) is 0. The van der Waals surface area contributed by atoms with Crippen LogP contribution < -0.4 is 10.6 Å². The number of hydrogen-bond acceptors (Lipinski definition) is 19. The SMILES string of the molecule is CC1[C@H](OCCCCC(=O)NCCCC[C@H](CC(=O)CCCCO[C@@H]2OC(CO)[C@H](O)C(O)[C@@H]2C)C(=O)NCCCCCC(=O)CCCOC(C)(OCCCC(=O)CCN2C(=O)C=CC2=O)C(C)(C)C)OC(CO)C(O)[C@H]1O. The van der Waals surface area contributed by atoms with E-state index < -0.39 is 103 Å². The van der Waals surface area contributed by atoms with Crippen LogP contribution in [0, 0.1) is 23.2 Å². The van der Waals surface area contributed by atoms with Crippen molar-refractivity contribution in [3.05, 3.63) is 12.2 Å². The first-order chi connectivity index (χ1) is 37.0. The maximum Gasteiger partial charge on any atom is 0.253 e. The molecule has 0 aliphatic carbocycles. The van der Waals surface area contributed by atoms with Crippen LogP contribution in [-0.4, -0.2) is 191 Å². The number of ether oxygens (including phenoxy) is 6. The Balaban J connectivity index is 1.35. The number of imide groups is 1. The molecule has 448 valence electrons. The van der Waals surface area contributed by atoms with E-state index in [2.05, 4.69) is 10.6 Å². The molecule has 12 atom stereocenters. The van der Waals surface area contributed by atoms with E-state index in [4.69, 9.17) is 28.4 Å². The van der Waals surface area contributed by atoms with Gasteiger partial charge in [0.15, 0.2) is 18.4 Å². The average Bonchev–Trinajstić information content (AvgIpc) is 3.73. The van der Waals surface area contributed by atoms with Gasteiger partial charge in [0, 0.05) is 113 Å². The summed E-state index contributed by atoms with van der Waals surface area (Å²) >= 11 is 0. The molecule has 6 unspecified atom stereocenters. The van der Waals surface area contributed by atoms with Crippen molar-refractivity contribution < 1.29 is 92.6 Å². The third kappa shape index (κ3) is 23.8. The number of rotatable bonds is 41. The highest BCUT2D eigenvalue weighted by Crippen LogP contribution is 2.35. The van der Waals surface area contributed by atoms with Gasteiger partial charge in [0.25, 0.3) is 11.8 Å². The summed E-state index contributed by atoms with van der Waals surface area (Å²) < 4.78 is 35.1. The zero-order valence-corrected chi connectivity index (χ0v) is 47.2. The van der Waals surface area contributed by atoms with Crippen molar-refractivity contribution in [1.82, 2.24) is 15.5 Å². The van der Waals surface area contributed by atoms with Crippen molar-refractivity contribution in [1.29, 1.82) is 0 Å². The number of aliphatic hydroxyl groups excluding tert-OH is 6. The molecule has 2 fully saturated rings. The van der Waals surface area contributed by atoms with Gasteiger partial charge in [0.2, 0.25) is 11.8 Å². The number of nitrogens with zero attached hydrogens (tertiary/aromatic N) is 1. The van der Waals surface area contributed by atoms with Crippen LogP contribution in [0.4, 0.5) is 0 Å². The lowest BCUT2D eigenvalue weighted by Crippen LogP contribution is -2.55. The van der Waals surface area contributed by atoms with Gasteiger partial charge in [-0.1, -0.05) is 47.5 Å². The Kier molecular flexibility index (Phi) is 31.6. The van der Waals surface area contributed by atoms with E-state index in [1.807, 2.05) is 27.7 Å². The molecule has 4 amide bonds. The first kappa shape index (κ1) is 68.6. The molecule has 3 aliphatic heterocycles. The third-order valence-electron chi connectivity index (χ3n) is 15.0. The Hall–Kier alpha value is -3.65. The fourth-order valence-corrected chi connectivity index (χ4v) is 9.23. The summed E-state index contributed by atoms with van der Waals surface area (Å²) in [4.78, 5) is 89.0. The fraction of sp³-hybridized carbons (Fsp3) is 0.839. The molecular formula is C56H95N3O19. The molecule has 3 rings (SSSR count). The Morgan fingerprint density at radius 3 is 1.56 bits per heavy atom. The largest absolute Gasteiger partial charge is 0.394 e. The molecule has 0 bridgehead atoms. The molecule has 3 heterocycles. The summed E-state index contributed by atoms with van der Waals surface area (Å²) in [5.41, 5.74) is -0.416. The molecule has 8 N–H and O–H groups in total. The van der Waals surface area contributed by atoms with E-state index in [9.17, 15) is 64.2 Å². The second kappa shape index (κ2) is 35.9. The summed E-state index contributed by atoms with van der Waals surface area (Å²) in [7, 11) is 0. The van der Waals surface area contributed by atoms with Crippen LogP contribution in [0.2, 0.25) is 0 Å². The Labute approximate surface area is 461 Å². The lowest BCUT2D eigenvalue weighted by Gasteiger charge is -2.41. The standard InChI is InChI=1S/C56H95N3O19/c1-37-48(68)50(70)43(35-60)77-53(37)73-30-14-10-20-42(64)34-39(18-9-13-27-57-45(65)23-11-15-31-74-54-38(2)49(69)51(71)44(36-61)78-54)52(72)58-28-12-7-8-19-40(62)21-16-32-75-56(6,55(3,4)5)76-33-17-22-41(63)26-29-59-46(66)24-25-47(59)67/h24-25,37-39,43-44,48-51,53-54,60-61,68-71H,7-23,26-36H2,1-6H3,(H,57,65)(H,58,72)/t37-,38?,39+,43?,44?,48?,49-,50-,51?,53+,54+,56?/m0/s1. The van der Waals surface area contributed by atoms with Crippen molar-refractivity contribution in [2.45, 2.75) is 219 Å². The van der Waals surface area contributed by atoms with Gasteiger partial charge in [-0.15, -0.1) is 0 Å². The molecule has 22 heteroatoms. The van der Waals surface area contributed by atoms with E-state index in [1.54, 1.807) is 13.8 Å². The molecular weight excluding hydrogens is 1020 g/mol. The number of Topliss-reactive ketones (excluding diaryl/α,β-unsaturated/α-hetero) is 3. The van der Waals surface area contributed by atoms with Crippen LogP contribution in [0.3, 0.4) is 0 Å². The predicted octanol–water partition coefficient (Wildman–Crippen LogP) is 2.86. The van der Waals surface area contributed by atoms with E-state index in [-0.39, 0.29) is 87.6 Å². The first-order valence-corrected chi connectivity index (χ1v) is 28.4. The lowest BCUT2D eigenvalue weighted by molar-refractivity contribution is -0.282. The van der Waals surface area contributed by atoms with Crippen molar-refractivity contribution in [3.8, 4) is 0 Å². The quantitative estimate of drug-likeness (QED) is 0.0248. The van der Waals surface area contributed by atoms with E-state index in [0.717, 1.165) is 4.90 Å². The first-order valence-electron chi connectivity index (χ1n) is 28.4. The van der Waals surface area contributed by atoms with Gasteiger partial charge in [0.05, 0.1) is 38.6 Å². The number of nitrogens with one attached hydrogen (secondary N) is 2. The monoisotopic (exact) mass is 1110 g/mol. The summed E-state index contributed by atoms with van der Waals surface area (Å²) in [5.74, 6) is -3.84. The number of carbonyl (C=O) groups is 7. The Morgan fingerprint density at radius 2 is 1.04 bits per heavy atom. The summed E-state index contributed by atoms with van der Waals surface area (Å²) in [6.07, 6.45) is 2.40. The third-order valence-corrected chi connectivity index (χ3v) is 15.0. The topological polar surface area (TPSA) is 324 Å². The van der Waals surface area contributed by atoms with Crippen LogP contribution in [-0.2, 0) is 62.0 Å². The van der Waals surface area contributed by atoms with Crippen LogP contribution in [0.25, 0.3) is 0 Å². The van der Waals surface area contributed by atoms with Crippen LogP contribution in [0.15, 0.2) is 12.2 Å². The van der Waals surface area contributed by atoms with E-state index in [0.29, 0.717) is 110 Å². The van der Waals surface area contributed by atoms with E-state index in [1.165, 1.54) is 12.2 Å². The minimum absolute atomic E-state index is 0.0460. The molecule has 2 saturated heterocycles. The van der Waals surface area contributed by atoms with Gasteiger partial charge in [-0.3, -0.25) is 38.5 Å². The molecule has 3 aliphatic rings. The normalized spacial score (nSPS) is 25.7. The number of ketones is 3.